The third kappa shape index (κ3) is 5.34. The number of nitrogens with zero attached hydrogens (tertiary/aromatic N) is 3. The van der Waals surface area contributed by atoms with Crippen LogP contribution in [0.1, 0.15) is 36.1 Å². The minimum absolute atomic E-state index is 0.0300. The molecular weight excluding hydrogens is 429 g/mol. The summed E-state index contributed by atoms with van der Waals surface area (Å²) in [7, 11) is 0. The van der Waals surface area contributed by atoms with Gasteiger partial charge >= 0.3 is 0 Å². The summed E-state index contributed by atoms with van der Waals surface area (Å²) in [6.07, 6.45) is 3.27. The van der Waals surface area contributed by atoms with Crippen molar-refractivity contribution in [1.29, 1.82) is 0 Å². The van der Waals surface area contributed by atoms with Gasteiger partial charge in [0.25, 0.3) is 5.91 Å². The second-order valence-electron chi connectivity index (χ2n) is 6.79. The molecule has 0 saturated heterocycles. The molecule has 0 aliphatic carbocycles. The predicted octanol–water partition coefficient (Wildman–Crippen LogP) is 3.68. The lowest BCUT2D eigenvalue weighted by atomic mass is 10.0. The van der Waals surface area contributed by atoms with Crippen LogP contribution in [0, 0.1) is 5.92 Å². The van der Waals surface area contributed by atoms with E-state index in [-0.39, 0.29) is 28.9 Å². The Balaban J connectivity index is 1.63. The van der Waals surface area contributed by atoms with Crippen LogP contribution < -0.4 is 10.6 Å². The van der Waals surface area contributed by atoms with Gasteiger partial charge in [0.1, 0.15) is 6.04 Å². The Kier molecular flexibility index (Phi) is 7.02. The molecule has 3 aromatic rings. The van der Waals surface area contributed by atoms with E-state index in [0.717, 1.165) is 0 Å². The van der Waals surface area contributed by atoms with E-state index in [4.69, 9.17) is 27.7 Å². The second-order valence-corrected chi connectivity index (χ2v) is 7.64. The summed E-state index contributed by atoms with van der Waals surface area (Å²) in [4.78, 5) is 33.1. The van der Waals surface area contributed by atoms with Gasteiger partial charge in [0.05, 0.1) is 17.1 Å². The van der Waals surface area contributed by atoms with Crippen LogP contribution in [-0.4, -0.2) is 33.5 Å². The smallest absolute Gasteiger partial charge is 0.253 e. The Labute approximate surface area is 183 Å². The number of rotatable bonds is 7. The van der Waals surface area contributed by atoms with Crippen LogP contribution in [0.3, 0.4) is 0 Å². The van der Waals surface area contributed by atoms with Crippen molar-refractivity contribution in [2.45, 2.75) is 19.9 Å². The highest BCUT2D eigenvalue weighted by atomic mass is 35.5. The fraction of sp³-hybridized carbons (Fsp3) is 0.250. The van der Waals surface area contributed by atoms with Gasteiger partial charge < -0.3 is 15.2 Å². The van der Waals surface area contributed by atoms with Crippen LogP contribution in [0.2, 0.25) is 10.0 Å². The number of hydrogen-bond donors (Lipinski definition) is 2. The van der Waals surface area contributed by atoms with Gasteiger partial charge in [-0.1, -0.05) is 42.2 Å². The standard InChI is InChI=1S/C20H19Cl2N5O3/c1-11(2)17(20-26-18(27-30-20)12-4-3-7-23-9-12)25-16(28)10-24-19(29)14-6-5-13(21)8-15(14)22/h3-9,11,17H,10H2,1-2H3,(H,24,29)(H,25,28). The number of carbonyl (C=O) groups is 2. The Hall–Kier alpha value is -2.97. The predicted molar refractivity (Wildman–Crippen MR) is 112 cm³/mol. The zero-order valence-electron chi connectivity index (χ0n) is 16.2. The number of aromatic nitrogens is 3. The first kappa shape index (κ1) is 21.7. The average Bonchev–Trinajstić information content (AvgIpc) is 3.20. The lowest BCUT2D eigenvalue weighted by Crippen LogP contribution is -2.40. The van der Waals surface area contributed by atoms with E-state index in [2.05, 4.69) is 25.8 Å². The van der Waals surface area contributed by atoms with Crippen molar-refractivity contribution < 1.29 is 14.1 Å². The zero-order chi connectivity index (χ0) is 21.7. The SMILES string of the molecule is CC(C)C(NC(=O)CNC(=O)c1ccc(Cl)cc1Cl)c1nc(-c2cccnc2)no1. The van der Waals surface area contributed by atoms with Crippen molar-refractivity contribution >= 4 is 35.0 Å². The number of nitrogens with one attached hydrogen (secondary N) is 2. The molecule has 156 valence electrons. The Morgan fingerprint density at radius 3 is 2.67 bits per heavy atom. The first-order valence-electron chi connectivity index (χ1n) is 9.11. The molecule has 2 amide bonds. The summed E-state index contributed by atoms with van der Waals surface area (Å²) >= 11 is 11.9. The molecule has 1 aromatic carbocycles. The fourth-order valence-corrected chi connectivity index (χ4v) is 3.14. The van der Waals surface area contributed by atoms with Crippen LogP contribution in [-0.2, 0) is 4.79 Å². The topological polar surface area (TPSA) is 110 Å². The van der Waals surface area contributed by atoms with Crippen molar-refractivity contribution in [2.75, 3.05) is 6.54 Å². The van der Waals surface area contributed by atoms with Gasteiger partial charge in [0.2, 0.25) is 17.6 Å². The van der Waals surface area contributed by atoms with Crippen molar-refractivity contribution in [3.05, 3.63) is 64.2 Å². The summed E-state index contributed by atoms with van der Waals surface area (Å²) in [6, 6.07) is 7.55. The normalized spacial score (nSPS) is 11.9. The highest BCUT2D eigenvalue weighted by Gasteiger charge is 2.25. The van der Waals surface area contributed by atoms with E-state index in [0.29, 0.717) is 16.4 Å². The van der Waals surface area contributed by atoms with Gasteiger partial charge in [-0.25, -0.2) is 0 Å². The number of pyridine rings is 1. The summed E-state index contributed by atoms with van der Waals surface area (Å²) < 4.78 is 5.34. The van der Waals surface area contributed by atoms with Gasteiger partial charge in [0, 0.05) is 23.0 Å². The molecule has 2 N–H and O–H groups in total. The fourth-order valence-electron chi connectivity index (χ4n) is 2.64. The third-order valence-corrected chi connectivity index (χ3v) is 4.74. The maximum atomic E-state index is 12.4. The molecule has 0 aliphatic heterocycles. The van der Waals surface area contributed by atoms with Gasteiger partial charge in [-0.2, -0.15) is 4.98 Å². The summed E-state index contributed by atoms with van der Waals surface area (Å²) in [5, 5.41) is 9.91. The molecule has 1 unspecified atom stereocenters. The number of amides is 2. The molecule has 0 spiro atoms. The van der Waals surface area contributed by atoms with Crippen molar-refractivity contribution in [3.63, 3.8) is 0 Å². The van der Waals surface area contributed by atoms with E-state index in [1.165, 1.54) is 12.1 Å². The monoisotopic (exact) mass is 447 g/mol. The minimum atomic E-state index is -0.522. The summed E-state index contributed by atoms with van der Waals surface area (Å²) in [5.41, 5.74) is 0.931. The molecule has 1 atom stereocenters. The molecule has 0 saturated carbocycles. The number of carbonyl (C=O) groups excluding carboxylic acids is 2. The maximum absolute atomic E-state index is 12.4. The van der Waals surface area contributed by atoms with E-state index in [1.807, 2.05) is 19.9 Å². The molecule has 3 rings (SSSR count). The van der Waals surface area contributed by atoms with E-state index in [1.54, 1.807) is 24.5 Å². The minimum Gasteiger partial charge on any atom is -0.343 e. The maximum Gasteiger partial charge on any atom is 0.253 e. The van der Waals surface area contributed by atoms with Crippen LogP contribution in [0.4, 0.5) is 0 Å². The number of hydrogen-bond acceptors (Lipinski definition) is 6. The zero-order valence-corrected chi connectivity index (χ0v) is 17.7. The molecule has 2 aromatic heterocycles. The molecule has 0 aliphatic rings. The summed E-state index contributed by atoms with van der Waals surface area (Å²) in [6.45, 7) is 3.57. The largest absolute Gasteiger partial charge is 0.343 e. The van der Waals surface area contributed by atoms with Crippen molar-refractivity contribution in [2.24, 2.45) is 5.92 Å². The third-order valence-electron chi connectivity index (χ3n) is 4.20. The van der Waals surface area contributed by atoms with E-state index in [9.17, 15) is 9.59 Å². The molecule has 2 heterocycles. The molecule has 0 bridgehead atoms. The molecule has 30 heavy (non-hydrogen) atoms. The molecule has 0 fully saturated rings. The highest BCUT2D eigenvalue weighted by molar-refractivity contribution is 6.36. The Morgan fingerprint density at radius 2 is 2.00 bits per heavy atom. The van der Waals surface area contributed by atoms with Crippen LogP contribution in [0.5, 0.6) is 0 Å². The highest BCUT2D eigenvalue weighted by Crippen LogP contribution is 2.23. The van der Waals surface area contributed by atoms with Crippen LogP contribution in [0.25, 0.3) is 11.4 Å². The first-order valence-corrected chi connectivity index (χ1v) is 9.87. The van der Waals surface area contributed by atoms with Gasteiger partial charge in [-0.15, -0.1) is 0 Å². The Bertz CT molecular complexity index is 1040. The number of halogens is 2. The molecular formula is C20H19Cl2N5O3. The van der Waals surface area contributed by atoms with Crippen LogP contribution >= 0.6 is 23.2 Å². The lowest BCUT2D eigenvalue weighted by molar-refractivity contribution is -0.121. The quantitative estimate of drug-likeness (QED) is 0.571. The van der Waals surface area contributed by atoms with Gasteiger partial charge in [-0.05, 0) is 36.2 Å². The molecule has 10 heteroatoms. The first-order chi connectivity index (χ1) is 14.3. The van der Waals surface area contributed by atoms with E-state index < -0.39 is 17.9 Å². The molecule has 8 nitrogen and oxygen atoms in total. The Morgan fingerprint density at radius 1 is 1.20 bits per heavy atom. The van der Waals surface area contributed by atoms with Gasteiger partial charge in [-0.3, -0.25) is 14.6 Å². The summed E-state index contributed by atoms with van der Waals surface area (Å²) in [5.74, 6) is -0.275. The molecule has 0 radical (unpaired) electrons. The second kappa shape index (κ2) is 9.69. The van der Waals surface area contributed by atoms with Crippen molar-refractivity contribution in [1.82, 2.24) is 25.8 Å². The van der Waals surface area contributed by atoms with Crippen molar-refractivity contribution in [3.8, 4) is 11.4 Å². The van der Waals surface area contributed by atoms with Gasteiger partial charge in [0.15, 0.2) is 0 Å². The van der Waals surface area contributed by atoms with E-state index >= 15 is 0 Å². The lowest BCUT2D eigenvalue weighted by Gasteiger charge is -2.18. The average molecular weight is 448 g/mol. The van der Waals surface area contributed by atoms with Crippen LogP contribution in [0.15, 0.2) is 47.2 Å². The number of benzene rings is 1.